The first kappa shape index (κ1) is 23.1. The zero-order valence-electron chi connectivity index (χ0n) is 18.6. The van der Waals surface area contributed by atoms with E-state index in [1.807, 2.05) is 0 Å². The number of rotatable bonds is 2. The van der Waals surface area contributed by atoms with Gasteiger partial charge in [0.25, 0.3) is 0 Å². The number of nitrogens with zero attached hydrogens (tertiary/aromatic N) is 1. The number of pyridine rings is 1. The third-order valence-corrected chi connectivity index (χ3v) is 5.98. The van der Waals surface area contributed by atoms with E-state index in [-0.39, 0.29) is 5.41 Å². The van der Waals surface area contributed by atoms with Crippen LogP contribution in [0.4, 0.5) is 0 Å². The third kappa shape index (κ3) is 4.83. The third-order valence-electron chi connectivity index (χ3n) is 5.98. The van der Waals surface area contributed by atoms with Gasteiger partial charge in [0.05, 0.1) is 5.41 Å². The standard InChI is InChI=1S/C27H24N.ClHO4/c1-19-13-15-20(16-14-19)22-17-25(21-9-5-4-6-10-21)28-24-12-8-7-11-23(24)27(2,3)26(28)18-22;2-1(3,4)5/h4-18H,1-3H3;(H,2,3,4,5)/q+1;/p-1. The molecule has 0 N–H and O–H groups in total. The molecule has 0 radical (unpaired) electrons. The van der Waals surface area contributed by atoms with Crippen molar-refractivity contribution in [3.8, 4) is 28.1 Å². The number of fused-ring (bicyclic) bond motifs is 3. The molecule has 0 bridgehead atoms. The minimum absolute atomic E-state index is 0.0408. The van der Waals surface area contributed by atoms with Gasteiger partial charge in [0.2, 0.25) is 11.4 Å². The first-order chi connectivity index (χ1) is 15.6. The molecule has 2 heterocycles. The fraction of sp³-hybridized carbons (Fsp3) is 0.148. The van der Waals surface area contributed by atoms with Crippen molar-refractivity contribution in [3.05, 3.63) is 108 Å². The van der Waals surface area contributed by atoms with Crippen LogP contribution >= 0.6 is 0 Å². The van der Waals surface area contributed by atoms with E-state index in [9.17, 15) is 0 Å². The van der Waals surface area contributed by atoms with Crippen LogP contribution in [0.2, 0.25) is 0 Å². The number of aryl methyl sites for hydroxylation is 1. The van der Waals surface area contributed by atoms with Gasteiger partial charge in [-0.2, -0.15) is 4.57 Å². The molecule has 6 heteroatoms. The van der Waals surface area contributed by atoms with Crippen molar-refractivity contribution in [2.24, 2.45) is 0 Å². The smallest absolute Gasteiger partial charge is 0.219 e. The number of para-hydroxylation sites is 1. The minimum Gasteiger partial charge on any atom is -0.222 e. The van der Waals surface area contributed by atoms with Crippen LogP contribution in [0.25, 0.3) is 28.1 Å². The molecule has 33 heavy (non-hydrogen) atoms. The molecule has 0 unspecified atom stereocenters. The molecule has 4 aromatic rings. The Bertz CT molecular complexity index is 1270. The Labute approximate surface area is 195 Å². The van der Waals surface area contributed by atoms with Gasteiger partial charge in [-0.3, -0.25) is 0 Å². The Morgan fingerprint density at radius 2 is 1.24 bits per heavy atom. The van der Waals surface area contributed by atoms with Crippen molar-refractivity contribution < 1.29 is 33.4 Å². The van der Waals surface area contributed by atoms with Crippen LogP contribution in [0, 0.1) is 17.2 Å². The van der Waals surface area contributed by atoms with E-state index in [1.54, 1.807) is 0 Å². The van der Waals surface area contributed by atoms with E-state index < -0.39 is 10.2 Å². The molecule has 1 aliphatic heterocycles. The van der Waals surface area contributed by atoms with Gasteiger partial charge in [-0.15, -0.1) is 10.2 Å². The molecule has 0 spiro atoms. The van der Waals surface area contributed by atoms with Crippen molar-refractivity contribution in [1.82, 2.24) is 0 Å². The number of aromatic nitrogens is 1. The fourth-order valence-corrected chi connectivity index (χ4v) is 4.38. The Balaban J connectivity index is 0.000000471. The molecule has 3 aromatic carbocycles. The predicted molar refractivity (Wildman–Crippen MR) is 116 cm³/mol. The van der Waals surface area contributed by atoms with Gasteiger partial charge >= 0.3 is 0 Å². The van der Waals surface area contributed by atoms with Crippen molar-refractivity contribution in [2.45, 2.75) is 26.2 Å². The second-order valence-electron chi connectivity index (χ2n) is 8.60. The minimum atomic E-state index is -4.94. The largest absolute Gasteiger partial charge is 0.222 e. The van der Waals surface area contributed by atoms with E-state index in [0.717, 1.165) is 0 Å². The predicted octanol–water partition coefficient (Wildman–Crippen LogP) is 1.49. The van der Waals surface area contributed by atoms with Crippen LogP contribution < -0.4 is 23.2 Å². The zero-order chi connectivity index (χ0) is 23.8. The molecular weight excluding hydrogens is 438 g/mol. The molecule has 0 aliphatic carbocycles. The molecule has 0 fully saturated rings. The van der Waals surface area contributed by atoms with Crippen molar-refractivity contribution in [1.29, 1.82) is 0 Å². The lowest BCUT2D eigenvalue weighted by atomic mass is 9.82. The number of hydrogen-bond acceptors (Lipinski definition) is 4. The summed E-state index contributed by atoms with van der Waals surface area (Å²) in [4.78, 5) is 0. The summed E-state index contributed by atoms with van der Waals surface area (Å²) in [5.41, 5.74) is 10.3. The summed E-state index contributed by atoms with van der Waals surface area (Å²) in [5, 5.41) is 0. The first-order valence-electron chi connectivity index (χ1n) is 10.5. The monoisotopic (exact) mass is 461 g/mol. The van der Waals surface area contributed by atoms with Crippen LogP contribution in [-0.2, 0) is 5.41 Å². The summed E-state index contributed by atoms with van der Waals surface area (Å²) in [6.45, 7) is 6.80. The molecule has 5 rings (SSSR count). The van der Waals surface area contributed by atoms with Crippen LogP contribution in [0.3, 0.4) is 0 Å². The van der Waals surface area contributed by atoms with E-state index in [0.29, 0.717) is 0 Å². The Morgan fingerprint density at radius 3 is 1.88 bits per heavy atom. The normalized spacial score (nSPS) is 13.5. The van der Waals surface area contributed by atoms with E-state index in [4.69, 9.17) is 18.6 Å². The lowest BCUT2D eigenvalue weighted by Gasteiger charge is -2.17. The SMILES string of the molecule is Cc1ccc(-c2cc(-c3ccccc3)[n+]3c(c2)C(C)(C)c2ccccc2-3)cc1.[O-][Cl+3]([O-])([O-])[O-]. The maximum Gasteiger partial charge on any atom is 0.219 e. The quantitative estimate of drug-likeness (QED) is 0.422. The Morgan fingerprint density at radius 1 is 0.667 bits per heavy atom. The molecule has 1 aliphatic rings. The van der Waals surface area contributed by atoms with Gasteiger partial charge in [-0.05, 0) is 44.0 Å². The van der Waals surface area contributed by atoms with Gasteiger partial charge in [-0.25, -0.2) is 18.6 Å². The average molecular weight is 462 g/mol. The fourth-order valence-electron chi connectivity index (χ4n) is 4.38. The highest BCUT2D eigenvalue weighted by Crippen LogP contribution is 2.41. The van der Waals surface area contributed by atoms with Crippen LogP contribution in [-0.4, -0.2) is 0 Å². The van der Waals surface area contributed by atoms with E-state index in [2.05, 4.69) is 116 Å². The maximum atomic E-state index is 8.49. The maximum absolute atomic E-state index is 8.49. The van der Waals surface area contributed by atoms with E-state index in [1.165, 1.54) is 44.9 Å². The highest BCUT2D eigenvalue weighted by atomic mass is 35.7. The van der Waals surface area contributed by atoms with E-state index >= 15 is 0 Å². The molecular formula is C27H24ClNO4. The summed E-state index contributed by atoms with van der Waals surface area (Å²) in [6.07, 6.45) is 0. The lowest BCUT2D eigenvalue weighted by Crippen LogP contribution is -2.68. The number of halogens is 1. The molecule has 168 valence electrons. The highest BCUT2D eigenvalue weighted by Gasteiger charge is 2.45. The summed E-state index contributed by atoms with van der Waals surface area (Å²) in [7, 11) is -4.94. The molecule has 5 nitrogen and oxygen atoms in total. The summed E-state index contributed by atoms with van der Waals surface area (Å²) < 4.78 is 36.4. The highest BCUT2D eigenvalue weighted by molar-refractivity contribution is 5.71. The summed E-state index contributed by atoms with van der Waals surface area (Å²) in [5.74, 6) is 0. The molecule has 0 saturated carbocycles. The average Bonchev–Trinajstić information content (AvgIpc) is 3.01. The van der Waals surface area contributed by atoms with Crippen LogP contribution in [0.1, 0.15) is 30.7 Å². The Hall–Kier alpha value is -3.06. The molecule has 0 atom stereocenters. The molecule has 1 aromatic heterocycles. The molecule has 0 amide bonds. The summed E-state index contributed by atoms with van der Waals surface area (Å²) in [6, 6.07) is 33.1. The number of hydrogen-bond donors (Lipinski definition) is 0. The van der Waals surface area contributed by atoms with Gasteiger partial charge < -0.3 is 0 Å². The van der Waals surface area contributed by atoms with Gasteiger partial charge in [-0.1, -0.05) is 66.2 Å². The van der Waals surface area contributed by atoms with Gasteiger partial charge in [0.1, 0.15) is 0 Å². The molecule has 0 saturated heterocycles. The second kappa shape index (κ2) is 8.71. The first-order valence-corrected chi connectivity index (χ1v) is 11.7. The Kier molecular flexibility index (Phi) is 6.10. The van der Waals surface area contributed by atoms with Crippen molar-refractivity contribution in [2.75, 3.05) is 0 Å². The topological polar surface area (TPSA) is 96.1 Å². The van der Waals surface area contributed by atoms with Crippen LogP contribution in [0.5, 0.6) is 0 Å². The van der Waals surface area contributed by atoms with Crippen molar-refractivity contribution in [3.63, 3.8) is 0 Å². The summed E-state index contributed by atoms with van der Waals surface area (Å²) >= 11 is 0. The zero-order valence-corrected chi connectivity index (χ0v) is 19.4. The lowest BCUT2D eigenvalue weighted by molar-refractivity contribution is -2.00. The van der Waals surface area contributed by atoms with Crippen LogP contribution in [0.15, 0.2) is 91.0 Å². The number of benzene rings is 3. The van der Waals surface area contributed by atoms with Gasteiger partial charge in [0.15, 0.2) is 5.69 Å². The second-order valence-corrected chi connectivity index (χ2v) is 9.36. The van der Waals surface area contributed by atoms with Gasteiger partial charge in [0, 0.05) is 29.3 Å². The van der Waals surface area contributed by atoms with Crippen molar-refractivity contribution >= 4 is 0 Å².